The first-order valence-corrected chi connectivity index (χ1v) is 20.4. The smallest absolute Gasteiger partial charge is 0.356 e. The fourth-order valence-corrected chi connectivity index (χ4v) is 8.45. The summed E-state index contributed by atoms with van der Waals surface area (Å²) in [5.74, 6) is -2.24. The van der Waals surface area contributed by atoms with E-state index < -0.39 is 59.3 Å². The lowest BCUT2D eigenvalue weighted by atomic mass is 10.0. The van der Waals surface area contributed by atoms with E-state index >= 15 is 0 Å². The van der Waals surface area contributed by atoms with Gasteiger partial charge in [0.2, 0.25) is 5.91 Å². The Kier molecular flexibility index (Phi) is 13.1. The lowest BCUT2D eigenvalue weighted by Crippen LogP contribution is -2.70. The monoisotopic (exact) mass is 805 g/mol. The molecular weight excluding hydrogens is 763 g/mol. The Morgan fingerprint density at radius 2 is 1.19 bits per heavy atom. The van der Waals surface area contributed by atoms with E-state index in [-0.39, 0.29) is 25.0 Å². The van der Waals surface area contributed by atoms with E-state index in [2.05, 4.69) is 17.2 Å². The molecule has 2 heterocycles. The Hall–Kier alpha value is -6.72. The van der Waals surface area contributed by atoms with Crippen LogP contribution < -0.4 is 10.6 Å². The summed E-state index contributed by atoms with van der Waals surface area (Å²) >= 11 is 1.42. The molecule has 2 N–H and O–H groups in total. The van der Waals surface area contributed by atoms with Gasteiger partial charge >= 0.3 is 11.9 Å². The molecule has 5 aromatic carbocycles. The molecule has 2 aliphatic heterocycles. The van der Waals surface area contributed by atoms with Crippen molar-refractivity contribution < 1.29 is 33.4 Å². The maximum absolute atomic E-state index is 14.0. The molecule has 3 atom stereocenters. The highest BCUT2D eigenvalue weighted by Gasteiger charge is 2.54. The quantitative estimate of drug-likeness (QED) is 0.0777. The number of nitrogens with zero attached hydrogens (tertiary/aromatic N) is 1. The normalized spacial score (nSPS) is 16.4. The second kappa shape index (κ2) is 19.1. The zero-order chi connectivity index (χ0) is 41.1. The van der Waals surface area contributed by atoms with Crippen molar-refractivity contribution >= 4 is 41.4 Å². The summed E-state index contributed by atoms with van der Waals surface area (Å²) in [7, 11) is 0. The number of hydrogen-bond acceptors (Lipinski definition) is 8. The Balaban J connectivity index is 1.01. The molecule has 1 fully saturated rings. The summed E-state index contributed by atoms with van der Waals surface area (Å²) in [5, 5.41) is 5.12. The molecule has 59 heavy (non-hydrogen) atoms. The second-order valence-corrected chi connectivity index (χ2v) is 15.2. The van der Waals surface area contributed by atoms with Crippen LogP contribution in [0.25, 0.3) is 0 Å². The lowest BCUT2D eigenvalue weighted by molar-refractivity contribution is -0.154. The minimum Gasteiger partial charge on any atom is -0.451 e. The molecule has 2 aliphatic rings. The van der Waals surface area contributed by atoms with Gasteiger partial charge in [-0.15, -0.1) is 11.8 Å². The number of nitrogens with one attached hydrogen (secondary N) is 2. The van der Waals surface area contributed by atoms with Gasteiger partial charge in [0.1, 0.15) is 23.2 Å². The van der Waals surface area contributed by atoms with E-state index in [0.717, 1.165) is 22.3 Å². The van der Waals surface area contributed by atoms with Gasteiger partial charge in [-0.05, 0) is 52.8 Å². The van der Waals surface area contributed by atoms with Crippen LogP contribution in [-0.4, -0.2) is 57.8 Å². The third-order valence-corrected chi connectivity index (χ3v) is 11.4. The van der Waals surface area contributed by atoms with E-state index in [1.807, 2.05) is 121 Å². The summed E-state index contributed by atoms with van der Waals surface area (Å²) in [6, 6.07) is 44.0. The van der Waals surface area contributed by atoms with E-state index in [9.17, 15) is 24.0 Å². The van der Waals surface area contributed by atoms with Gasteiger partial charge in [0.05, 0.1) is 0 Å². The molecule has 298 valence electrons. The summed E-state index contributed by atoms with van der Waals surface area (Å²) in [4.78, 5) is 69.6. The minimum absolute atomic E-state index is 0.0363. The first-order chi connectivity index (χ1) is 28.8. The van der Waals surface area contributed by atoms with Crippen molar-refractivity contribution in [1.82, 2.24) is 15.5 Å². The molecule has 0 radical (unpaired) electrons. The Bertz CT molecular complexity index is 2230. The average Bonchev–Trinajstić information content (AvgIpc) is 3.29. The van der Waals surface area contributed by atoms with Crippen LogP contribution in [0.3, 0.4) is 0 Å². The standard InChI is InChI=1S/C48H43N3O7S/c1-2-32-31-59-46-40(45(54)51(46)41(32)48(56)58-43(35-23-12-5-13-24-35)36-25-14-6-15-26-36)50-39(52)30-18-29-38(49-44(53)37-27-16-7-17-28-37)47(55)57-42(33-19-8-3-9-20-33)34-21-10-4-11-22-34/h2-17,19-28,38,40,42-43,46H,1,18,29-31H2,(H,49,53)(H,50,52)/t38-,40-,46-/m1/s1. The highest BCUT2D eigenvalue weighted by Crippen LogP contribution is 2.42. The predicted molar refractivity (Wildman–Crippen MR) is 225 cm³/mol. The topological polar surface area (TPSA) is 131 Å². The van der Waals surface area contributed by atoms with Gasteiger partial charge in [0.15, 0.2) is 12.2 Å². The zero-order valence-corrected chi connectivity index (χ0v) is 33.0. The highest BCUT2D eigenvalue weighted by molar-refractivity contribution is 8.00. The average molecular weight is 806 g/mol. The maximum atomic E-state index is 14.0. The first kappa shape index (κ1) is 40.5. The number of benzene rings is 5. The zero-order valence-electron chi connectivity index (χ0n) is 32.1. The molecular formula is C48H43N3O7S. The molecule has 0 bridgehead atoms. The van der Waals surface area contributed by atoms with Crippen molar-refractivity contribution in [2.45, 2.75) is 48.9 Å². The Morgan fingerprint density at radius 1 is 0.712 bits per heavy atom. The summed E-state index contributed by atoms with van der Waals surface area (Å²) in [6.07, 6.45) is 0.359. The fraction of sp³-hybridized carbons (Fsp3) is 0.188. The number of carbonyl (C=O) groups excluding carboxylic acids is 5. The molecule has 1 saturated heterocycles. The van der Waals surface area contributed by atoms with Gasteiger partial charge in [-0.25, -0.2) is 9.59 Å². The van der Waals surface area contributed by atoms with Crippen LogP contribution in [0.4, 0.5) is 0 Å². The van der Waals surface area contributed by atoms with Crippen molar-refractivity contribution in [1.29, 1.82) is 0 Å². The van der Waals surface area contributed by atoms with Crippen molar-refractivity contribution in [2.75, 3.05) is 5.75 Å². The lowest BCUT2D eigenvalue weighted by Gasteiger charge is -2.49. The number of allylic oxidation sites excluding steroid dienone is 1. The van der Waals surface area contributed by atoms with E-state index in [1.165, 1.54) is 16.7 Å². The predicted octanol–water partition coefficient (Wildman–Crippen LogP) is 7.46. The molecule has 0 saturated carbocycles. The third-order valence-electron chi connectivity index (χ3n) is 10.1. The van der Waals surface area contributed by atoms with E-state index in [0.29, 0.717) is 16.9 Å². The third kappa shape index (κ3) is 9.54. The molecule has 0 unspecified atom stereocenters. The molecule has 10 nitrogen and oxygen atoms in total. The number of hydrogen-bond donors (Lipinski definition) is 2. The summed E-state index contributed by atoms with van der Waals surface area (Å²) in [5.41, 5.74) is 4.11. The van der Waals surface area contributed by atoms with Crippen LogP contribution in [0, 0.1) is 0 Å². The number of fused-ring (bicyclic) bond motifs is 1. The van der Waals surface area contributed by atoms with E-state index in [4.69, 9.17) is 9.47 Å². The number of ether oxygens (including phenoxy) is 2. The number of β-lactam (4-membered cyclic amide) rings is 1. The molecule has 11 heteroatoms. The van der Waals surface area contributed by atoms with Gasteiger partial charge in [-0.2, -0.15) is 0 Å². The fourth-order valence-electron chi connectivity index (χ4n) is 7.11. The van der Waals surface area contributed by atoms with Crippen LogP contribution in [0.15, 0.2) is 176 Å². The van der Waals surface area contributed by atoms with Crippen LogP contribution >= 0.6 is 11.8 Å². The van der Waals surface area contributed by atoms with Crippen molar-refractivity contribution in [3.8, 4) is 0 Å². The van der Waals surface area contributed by atoms with Crippen LogP contribution in [0.2, 0.25) is 0 Å². The molecule has 0 aromatic heterocycles. The highest BCUT2D eigenvalue weighted by atomic mass is 32.2. The van der Waals surface area contributed by atoms with Crippen LogP contribution in [0.1, 0.15) is 64.1 Å². The number of rotatable bonds is 16. The van der Waals surface area contributed by atoms with Gasteiger partial charge in [-0.3, -0.25) is 19.3 Å². The van der Waals surface area contributed by atoms with Crippen molar-refractivity contribution in [2.24, 2.45) is 0 Å². The van der Waals surface area contributed by atoms with Gasteiger partial charge in [0.25, 0.3) is 11.8 Å². The molecule has 3 amide bonds. The SMILES string of the molecule is C=CC1=C(C(=O)OC(c2ccccc2)c2ccccc2)N2C(=O)[C@@H](NC(=O)CCC[C@@H](NC(=O)c3ccccc3)C(=O)OC(c3ccccc3)c3ccccc3)[C@H]2SC1. The number of carbonyl (C=O) groups is 5. The number of amides is 3. The summed E-state index contributed by atoms with van der Waals surface area (Å²) < 4.78 is 12.2. The maximum Gasteiger partial charge on any atom is 0.356 e. The number of thioether (sulfide) groups is 1. The molecule has 0 aliphatic carbocycles. The van der Waals surface area contributed by atoms with Gasteiger partial charge in [-0.1, -0.05) is 152 Å². The molecule has 0 spiro atoms. The Morgan fingerprint density at radius 3 is 1.68 bits per heavy atom. The first-order valence-electron chi connectivity index (χ1n) is 19.4. The summed E-state index contributed by atoms with van der Waals surface area (Å²) in [6.45, 7) is 3.88. The molecule has 7 rings (SSSR count). The van der Waals surface area contributed by atoms with Crippen LogP contribution in [-0.2, 0) is 28.7 Å². The number of esters is 2. The van der Waals surface area contributed by atoms with Crippen LogP contribution in [0.5, 0.6) is 0 Å². The van der Waals surface area contributed by atoms with E-state index in [1.54, 1.807) is 36.4 Å². The largest absolute Gasteiger partial charge is 0.451 e. The van der Waals surface area contributed by atoms with Gasteiger partial charge < -0.3 is 20.1 Å². The minimum atomic E-state index is -1.08. The Labute approximate surface area is 347 Å². The molecule has 5 aromatic rings. The van der Waals surface area contributed by atoms with Gasteiger partial charge in [0, 0.05) is 17.7 Å². The second-order valence-electron chi connectivity index (χ2n) is 14.1. The van der Waals surface area contributed by atoms with Crippen molar-refractivity contribution in [3.63, 3.8) is 0 Å². The van der Waals surface area contributed by atoms with Crippen molar-refractivity contribution in [3.05, 3.63) is 203 Å².